The number of nitriles is 1. The molecule has 3 N–H and O–H groups in total. The fraction of sp³-hybridized carbons (Fsp3) is 0.429. The second-order valence-electron chi connectivity index (χ2n) is 4.68. The molecule has 106 valence electrons. The van der Waals surface area contributed by atoms with Crippen LogP contribution >= 0.6 is 0 Å². The van der Waals surface area contributed by atoms with E-state index in [0.29, 0.717) is 36.7 Å². The summed E-state index contributed by atoms with van der Waals surface area (Å²) in [5.41, 5.74) is 6.76. The molecule has 1 aromatic carbocycles. The molecular weight excluding hydrogens is 256 g/mol. The summed E-state index contributed by atoms with van der Waals surface area (Å²) < 4.78 is 5.34. The molecule has 1 aliphatic rings. The van der Waals surface area contributed by atoms with E-state index in [4.69, 9.17) is 15.7 Å². The van der Waals surface area contributed by atoms with E-state index in [0.717, 1.165) is 6.42 Å². The lowest BCUT2D eigenvalue weighted by Crippen LogP contribution is -2.35. The molecule has 0 unspecified atom stereocenters. The molecule has 1 fully saturated rings. The molecule has 0 aliphatic carbocycles. The Morgan fingerprint density at radius 2 is 2.45 bits per heavy atom. The van der Waals surface area contributed by atoms with Crippen molar-refractivity contribution in [1.82, 2.24) is 4.90 Å². The van der Waals surface area contributed by atoms with Gasteiger partial charge in [0.1, 0.15) is 11.8 Å². The molecule has 0 spiro atoms. The Labute approximate surface area is 118 Å². The summed E-state index contributed by atoms with van der Waals surface area (Å²) in [6.45, 7) is 3.57. The molecule has 6 heteroatoms. The average Bonchev–Trinajstić information content (AvgIpc) is 2.87. The molecule has 1 aromatic rings. The number of carbonyl (C=O) groups excluding carboxylic acids is 1. The lowest BCUT2D eigenvalue weighted by Gasteiger charge is -2.17. The molecule has 1 aliphatic heterocycles. The first-order valence-electron chi connectivity index (χ1n) is 6.62. The standard InChI is InChI=1S/C14H18N4O2/c1-2-20-13-4-3-12(7-10(13)8-15)17-14(19)18-6-5-11(16)9-18/h3-4,7,11H,2,5-6,9,16H2,1H3,(H,17,19)/t11-/m0/s1. The highest BCUT2D eigenvalue weighted by molar-refractivity contribution is 5.89. The zero-order valence-electron chi connectivity index (χ0n) is 11.4. The zero-order chi connectivity index (χ0) is 14.5. The number of ether oxygens (including phenoxy) is 1. The quantitative estimate of drug-likeness (QED) is 0.874. The maximum absolute atomic E-state index is 12.0. The van der Waals surface area contributed by atoms with Crippen LogP contribution in [0, 0.1) is 11.3 Å². The molecule has 1 saturated heterocycles. The van der Waals surface area contributed by atoms with Crippen molar-refractivity contribution in [3.8, 4) is 11.8 Å². The number of nitrogens with zero attached hydrogens (tertiary/aromatic N) is 2. The largest absolute Gasteiger partial charge is 0.492 e. The van der Waals surface area contributed by atoms with Gasteiger partial charge in [0.15, 0.2) is 0 Å². The molecule has 0 saturated carbocycles. The lowest BCUT2D eigenvalue weighted by molar-refractivity contribution is 0.222. The molecular formula is C14H18N4O2. The molecule has 1 heterocycles. The van der Waals surface area contributed by atoms with Gasteiger partial charge < -0.3 is 20.7 Å². The van der Waals surface area contributed by atoms with Crippen molar-refractivity contribution in [3.63, 3.8) is 0 Å². The van der Waals surface area contributed by atoms with E-state index in [1.54, 1.807) is 23.1 Å². The summed E-state index contributed by atoms with van der Waals surface area (Å²) in [4.78, 5) is 13.7. The highest BCUT2D eigenvalue weighted by Crippen LogP contribution is 2.22. The molecule has 1 atom stereocenters. The van der Waals surface area contributed by atoms with E-state index in [2.05, 4.69) is 11.4 Å². The Bertz CT molecular complexity index is 538. The van der Waals surface area contributed by atoms with Crippen LogP contribution in [0.4, 0.5) is 10.5 Å². The number of rotatable bonds is 3. The summed E-state index contributed by atoms with van der Waals surface area (Å²) in [5.74, 6) is 0.524. The number of hydrogen-bond acceptors (Lipinski definition) is 4. The fourth-order valence-corrected chi connectivity index (χ4v) is 2.15. The Balaban J connectivity index is 2.06. The van der Waals surface area contributed by atoms with Crippen molar-refractivity contribution in [2.75, 3.05) is 25.0 Å². The minimum atomic E-state index is -0.189. The molecule has 0 bridgehead atoms. The number of urea groups is 1. The van der Waals surface area contributed by atoms with Gasteiger partial charge in [-0.2, -0.15) is 5.26 Å². The van der Waals surface area contributed by atoms with Crippen LogP contribution in [0.5, 0.6) is 5.75 Å². The van der Waals surface area contributed by atoms with Crippen molar-refractivity contribution >= 4 is 11.7 Å². The van der Waals surface area contributed by atoms with E-state index in [1.807, 2.05) is 6.92 Å². The molecule has 2 amide bonds. The summed E-state index contributed by atoms with van der Waals surface area (Å²) in [5, 5.41) is 11.9. The summed E-state index contributed by atoms with van der Waals surface area (Å²) in [7, 11) is 0. The van der Waals surface area contributed by atoms with Crippen molar-refractivity contribution in [1.29, 1.82) is 5.26 Å². The average molecular weight is 274 g/mol. The van der Waals surface area contributed by atoms with Crippen LogP contribution in [0.25, 0.3) is 0 Å². The van der Waals surface area contributed by atoms with Gasteiger partial charge in [0.05, 0.1) is 12.2 Å². The predicted molar refractivity (Wildman–Crippen MR) is 75.5 cm³/mol. The van der Waals surface area contributed by atoms with Crippen LogP contribution in [-0.2, 0) is 0 Å². The van der Waals surface area contributed by atoms with Crippen molar-refractivity contribution in [2.24, 2.45) is 5.73 Å². The van der Waals surface area contributed by atoms with Gasteiger partial charge in [-0.15, -0.1) is 0 Å². The zero-order valence-corrected chi connectivity index (χ0v) is 11.4. The number of likely N-dealkylation sites (tertiary alicyclic amines) is 1. The number of nitrogens with one attached hydrogen (secondary N) is 1. The maximum Gasteiger partial charge on any atom is 0.321 e. The van der Waals surface area contributed by atoms with Gasteiger partial charge in [-0.05, 0) is 31.5 Å². The minimum absolute atomic E-state index is 0.0516. The number of amides is 2. The van der Waals surface area contributed by atoms with Crippen molar-refractivity contribution in [3.05, 3.63) is 23.8 Å². The highest BCUT2D eigenvalue weighted by atomic mass is 16.5. The molecule has 0 aromatic heterocycles. The first-order chi connectivity index (χ1) is 9.63. The normalized spacial score (nSPS) is 17.6. The Kier molecular flexibility index (Phi) is 4.43. The number of carbonyl (C=O) groups is 1. The fourth-order valence-electron chi connectivity index (χ4n) is 2.15. The molecule has 20 heavy (non-hydrogen) atoms. The van der Waals surface area contributed by atoms with Crippen LogP contribution in [0.15, 0.2) is 18.2 Å². The number of hydrogen-bond donors (Lipinski definition) is 2. The summed E-state index contributed by atoms with van der Waals surface area (Å²) >= 11 is 0. The summed E-state index contributed by atoms with van der Waals surface area (Å²) in [6, 6.07) is 6.94. The number of anilines is 1. The Morgan fingerprint density at radius 1 is 1.65 bits per heavy atom. The van der Waals surface area contributed by atoms with Crippen molar-refractivity contribution < 1.29 is 9.53 Å². The minimum Gasteiger partial charge on any atom is -0.492 e. The molecule has 2 rings (SSSR count). The van der Waals surface area contributed by atoms with E-state index >= 15 is 0 Å². The molecule has 0 radical (unpaired) electrons. The van der Waals surface area contributed by atoms with E-state index < -0.39 is 0 Å². The van der Waals surface area contributed by atoms with Crippen LogP contribution < -0.4 is 15.8 Å². The van der Waals surface area contributed by atoms with Crippen LogP contribution in [-0.4, -0.2) is 36.7 Å². The number of benzene rings is 1. The van der Waals surface area contributed by atoms with Gasteiger partial charge in [0.2, 0.25) is 0 Å². The van der Waals surface area contributed by atoms with Gasteiger partial charge in [0.25, 0.3) is 0 Å². The second-order valence-corrected chi connectivity index (χ2v) is 4.68. The first-order valence-corrected chi connectivity index (χ1v) is 6.62. The topological polar surface area (TPSA) is 91.4 Å². The molecule has 6 nitrogen and oxygen atoms in total. The third kappa shape index (κ3) is 3.19. The Morgan fingerprint density at radius 3 is 3.05 bits per heavy atom. The third-order valence-corrected chi connectivity index (χ3v) is 3.16. The van der Waals surface area contributed by atoms with Crippen LogP contribution in [0.1, 0.15) is 18.9 Å². The Hall–Kier alpha value is -2.26. The van der Waals surface area contributed by atoms with Crippen LogP contribution in [0.3, 0.4) is 0 Å². The SMILES string of the molecule is CCOc1ccc(NC(=O)N2CC[C@H](N)C2)cc1C#N. The third-order valence-electron chi connectivity index (χ3n) is 3.16. The number of nitrogens with two attached hydrogens (primary N) is 1. The summed E-state index contributed by atoms with van der Waals surface area (Å²) in [6.07, 6.45) is 0.820. The van der Waals surface area contributed by atoms with Gasteiger partial charge in [-0.25, -0.2) is 4.79 Å². The van der Waals surface area contributed by atoms with Crippen molar-refractivity contribution in [2.45, 2.75) is 19.4 Å². The predicted octanol–water partition coefficient (Wildman–Crippen LogP) is 1.52. The van der Waals surface area contributed by atoms with E-state index in [9.17, 15) is 4.79 Å². The van der Waals surface area contributed by atoms with E-state index in [1.165, 1.54) is 0 Å². The van der Waals surface area contributed by atoms with Gasteiger partial charge in [0, 0.05) is 24.8 Å². The lowest BCUT2D eigenvalue weighted by atomic mass is 10.2. The van der Waals surface area contributed by atoms with E-state index in [-0.39, 0.29) is 12.1 Å². The smallest absolute Gasteiger partial charge is 0.321 e. The second kappa shape index (κ2) is 6.26. The van der Waals surface area contributed by atoms with Gasteiger partial charge in [-0.3, -0.25) is 0 Å². The highest BCUT2D eigenvalue weighted by Gasteiger charge is 2.23. The van der Waals surface area contributed by atoms with Gasteiger partial charge in [-0.1, -0.05) is 0 Å². The van der Waals surface area contributed by atoms with Gasteiger partial charge >= 0.3 is 6.03 Å². The van der Waals surface area contributed by atoms with Crippen LogP contribution in [0.2, 0.25) is 0 Å². The monoisotopic (exact) mass is 274 g/mol. The first kappa shape index (κ1) is 14.2. The maximum atomic E-state index is 12.0.